The smallest absolute Gasteiger partial charge is 0.258 e. The van der Waals surface area contributed by atoms with E-state index >= 15 is 0 Å². The highest BCUT2D eigenvalue weighted by molar-refractivity contribution is 6.43. The Morgan fingerprint density at radius 2 is 2.00 bits per heavy atom. The summed E-state index contributed by atoms with van der Waals surface area (Å²) in [5, 5.41) is 7.01. The lowest BCUT2D eigenvalue weighted by atomic mass is 10.1. The normalized spacial score (nSPS) is 14.5. The second-order valence-corrected chi connectivity index (χ2v) is 5.80. The van der Waals surface area contributed by atoms with Crippen LogP contribution in [0.1, 0.15) is 6.42 Å². The second-order valence-electron chi connectivity index (χ2n) is 4.58. The van der Waals surface area contributed by atoms with Crippen molar-refractivity contribution >= 4 is 40.7 Å². The first-order valence-corrected chi connectivity index (χ1v) is 7.62. The fraction of sp³-hybridized carbons (Fsp3) is 0.357. The number of hydrogen-bond acceptors (Lipinski definition) is 3. The molecule has 1 aromatic carbocycles. The van der Waals surface area contributed by atoms with Crippen molar-refractivity contribution in [1.29, 1.82) is 0 Å². The van der Waals surface area contributed by atoms with Crippen molar-refractivity contribution in [3.8, 4) is 5.75 Å². The molecule has 2 N–H and O–H groups in total. The molecule has 0 bridgehead atoms. The monoisotopic (exact) mass is 348 g/mol. The van der Waals surface area contributed by atoms with Crippen LogP contribution < -0.4 is 15.4 Å². The van der Waals surface area contributed by atoms with E-state index < -0.39 is 0 Å². The number of benzene rings is 1. The van der Waals surface area contributed by atoms with Crippen LogP contribution in [0.15, 0.2) is 23.8 Å². The third-order valence-electron chi connectivity index (χ3n) is 3.00. The molecule has 0 fully saturated rings. The van der Waals surface area contributed by atoms with E-state index in [4.69, 9.17) is 39.5 Å². The standard InChI is InChI=1S/C14H15Cl3N2O2/c15-10-5-12(17)13(6-11(10)16)21-8-14(20)19-7-9-1-3-18-4-2-9/h1,5-6,18H,2-4,7-8H2,(H,19,20). The van der Waals surface area contributed by atoms with Crippen molar-refractivity contribution in [3.05, 3.63) is 38.8 Å². The van der Waals surface area contributed by atoms with Gasteiger partial charge in [0.25, 0.3) is 5.91 Å². The van der Waals surface area contributed by atoms with Crippen molar-refractivity contribution in [1.82, 2.24) is 10.6 Å². The molecule has 1 aliphatic heterocycles. The maximum absolute atomic E-state index is 11.7. The summed E-state index contributed by atoms with van der Waals surface area (Å²) in [5.74, 6) is 0.124. The Morgan fingerprint density at radius 3 is 2.71 bits per heavy atom. The van der Waals surface area contributed by atoms with Crippen molar-refractivity contribution in [2.24, 2.45) is 0 Å². The highest BCUT2D eigenvalue weighted by atomic mass is 35.5. The van der Waals surface area contributed by atoms with Crippen LogP contribution in [0.2, 0.25) is 15.1 Å². The van der Waals surface area contributed by atoms with E-state index in [-0.39, 0.29) is 12.5 Å². The molecule has 0 aromatic heterocycles. The van der Waals surface area contributed by atoms with Gasteiger partial charge in [-0.15, -0.1) is 0 Å². The number of carbonyl (C=O) groups is 1. The largest absolute Gasteiger partial charge is 0.482 e. The Bertz CT molecular complexity index is 561. The molecule has 114 valence electrons. The van der Waals surface area contributed by atoms with Gasteiger partial charge in [0.1, 0.15) is 5.75 Å². The molecule has 0 radical (unpaired) electrons. The fourth-order valence-electron chi connectivity index (χ4n) is 1.85. The lowest BCUT2D eigenvalue weighted by molar-refractivity contribution is -0.122. The maximum Gasteiger partial charge on any atom is 0.258 e. The molecule has 0 unspecified atom stereocenters. The molecular weight excluding hydrogens is 335 g/mol. The first-order valence-electron chi connectivity index (χ1n) is 6.49. The van der Waals surface area contributed by atoms with Crippen LogP contribution >= 0.6 is 34.8 Å². The minimum absolute atomic E-state index is 0.122. The lowest BCUT2D eigenvalue weighted by Crippen LogP contribution is -2.32. The average molecular weight is 350 g/mol. The van der Waals surface area contributed by atoms with E-state index in [1.165, 1.54) is 17.7 Å². The number of rotatable bonds is 5. The van der Waals surface area contributed by atoms with Crippen molar-refractivity contribution in [2.45, 2.75) is 6.42 Å². The summed E-state index contributed by atoms with van der Waals surface area (Å²) in [6.07, 6.45) is 3.03. The molecule has 21 heavy (non-hydrogen) atoms. The third kappa shape index (κ3) is 5.08. The van der Waals surface area contributed by atoms with E-state index in [9.17, 15) is 4.79 Å². The quantitative estimate of drug-likeness (QED) is 0.634. The molecule has 0 saturated heterocycles. The fourth-order valence-corrected chi connectivity index (χ4v) is 2.44. The van der Waals surface area contributed by atoms with Gasteiger partial charge in [0.05, 0.1) is 15.1 Å². The molecule has 1 amide bonds. The number of halogens is 3. The van der Waals surface area contributed by atoms with Crippen molar-refractivity contribution < 1.29 is 9.53 Å². The molecule has 1 heterocycles. The summed E-state index contributed by atoms with van der Waals surface area (Å²) < 4.78 is 5.36. The van der Waals surface area contributed by atoms with Gasteiger partial charge in [-0.2, -0.15) is 0 Å². The minimum Gasteiger partial charge on any atom is -0.482 e. The number of nitrogens with one attached hydrogen (secondary N) is 2. The van der Waals surface area contributed by atoms with Gasteiger partial charge in [0.15, 0.2) is 6.61 Å². The molecular formula is C14H15Cl3N2O2. The highest BCUT2D eigenvalue weighted by Crippen LogP contribution is 2.33. The number of ether oxygens (including phenoxy) is 1. The highest BCUT2D eigenvalue weighted by Gasteiger charge is 2.10. The Kier molecular flexibility index (Phi) is 6.18. The van der Waals surface area contributed by atoms with Gasteiger partial charge < -0.3 is 15.4 Å². The summed E-state index contributed by atoms with van der Waals surface area (Å²) in [7, 11) is 0. The lowest BCUT2D eigenvalue weighted by Gasteiger charge is -2.15. The Morgan fingerprint density at radius 1 is 1.24 bits per heavy atom. The van der Waals surface area contributed by atoms with Gasteiger partial charge in [0, 0.05) is 19.2 Å². The van der Waals surface area contributed by atoms with Gasteiger partial charge in [-0.3, -0.25) is 4.79 Å². The molecule has 4 nitrogen and oxygen atoms in total. The molecule has 1 aromatic rings. The van der Waals surface area contributed by atoms with E-state index in [0.29, 0.717) is 27.4 Å². The van der Waals surface area contributed by atoms with Gasteiger partial charge in [0.2, 0.25) is 0 Å². The number of hydrogen-bond donors (Lipinski definition) is 2. The number of carbonyl (C=O) groups excluding carboxylic acids is 1. The summed E-state index contributed by atoms with van der Waals surface area (Å²) in [4.78, 5) is 11.7. The number of amides is 1. The Balaban J connectivity index is 1.81. The van der Waals surface area contributed by atoms with Crippen LogP contribution in [-0.4, -0.2) is 32.1 Å². The summed E-state index contributed by atoms with van der Waals surface area (Å²) >= 11 is 17.7. The summed E-state index contributed by atoms with van der Waals surface area (Å²) in [6.45, 7) is 2.21. The van der Waals surface area contributed by atoms with Gasteiger partial charge in [-0.05, 0) is 19.0 Å². The van der Waals surface area contributed by atoms with Crippen LogP contribution in [0.3, 0.4) is 0 Å². The van der Waals surface area contributed by atoms with Gasteiger partial charge in [-0.25, -0.2) is 0 Å². The molecule has 1 aliphatic rings. The zero-order chi connectivity index (χ0) is 15.2. The van der Waals surface area contributed by atoms with E-state index in [0.717, 1.165) is 19.5 Å². The molecule has 2 rings (SSSR count). The summed E-state index contributed by atoms with van der Waals surface area (Å²) in [6, 6.07) is 2.98. The first-order chi connectivity index (χ1) is 10.1. The predicted octanol–water partition coefficient (Wildman–Crippen LogP) is 3.06. The van der Waals surface area contributed by atoms with E-state index in [1.807, 2.05) is 0 Å². The zero-order valence-corrected chi connectivity index (χ0v) is 13.5. The Hall–Kier alpha value is -0.940. The van der Waals surface area contributed by atoms with Crippen LogP contribution in [0.25, 0.3) is 0 Å². The molecule has 7 heteroatoms. The van der Waals surface area contributed by atoms with Crippen LogP contribution in [0, 0.1) is 0 Å². The van der Waals surface area contributed by atoms with Crippen LogP contribution in [-0.2, 0) is 4.79 Å². The van der Waals surface area contributed by atoms with Crippen molar-refractivity contribution in [3.63, 3.8) is 0 Å². The average Bonchev–Trinajstić information content (AvgIpc) is 2.48. The predicted molar refractivity (Wildman–Crippen MR) is 85.5 cm³/mol. The van der Waals surface area contributed by atoms with E-state index in [1.54, 1.807) is 0 Å². The summed E-state index contributed by atoms with van der Waals surface area (Å²) in [5.41, 5.74) is 1.22. The van der Waals surface area contributed by atoms with Gasteiger partial charge >= 0.3 is 0 Å². The van der Waals surface area contributed by atoms with Crippen LogP contribution in [0.4, 0.5) is 0 Å². The van der Waals surface area contributed by atoms with E-state index in [2.05, 4.69) is 16.7 Å². The molecule has 0 aliphatic carbocycles. The maximum atomic E-state index is 11.7. The Labute approximate surface area is 138 Å². The third-order valence-corrected chi connectivity index (χ3v) is 4.02. The molecule has 0 saturated carbocycles. The van der Waals surface area contributed by atoms with Gasteiger partial charge in [-0.1, -0.05) is 46.5 Å². The second kappa shape index (κ2) is 7.90. The van der Waals surface area contributed by atoms with Crippen LogP contribution in [0.5, 0.6) is 5.75 Å². The molecule has 0 atom stereocenters. The first kappa shape index (κ1) is 16.4. The zero-order valence-electron chi connectivity index (χ0n) is 11.2. The van der Waals surface area contributed by atoms with Crippen molar-refractivity contribution in [2.75, 3.05) is 26.2 Å². The topological polar surface area (TPSA) is 50.4 Å². The minimum atomic E-state index is -0.212. The SMILES string of the molecule is O=C(COc1cc(Cl)c(Cl)cc1Cl)NCC1=CCNCC1. The molecule has 0 spiro atoms.